The van der Waals surface area contributed by atoms with Crippen LogP contribution in [0.4, 0.5) is 10.1 Å². The van der Waals surface area contributed by atoms with Gasteiger partial charge < -0.3 is 15.9 Å². The maximum Gasteiger partial charge on any atom is 0.197 e. The number of nitrogens with zero attached hydrogens (tertiary/aromatic N) is 2. The number of hydrogen-bond donors (Lipinski definition) is 3. The Balaban J connectivity index is 2.25. The lowest BCUT2D eigenvalue weighted by atomic mass is 10.1. The molecule has 2 heterocycles. The third-order valence-corrected chi connectivity index (χ3v) is 4.19. The molecule has 0 bridgehead atoms. The van der Waals surface area contributed by atoms with E-state index in [9.17, 15) is 14.6 Å². The quantitative estimate of drug-likeness (QED) is 0.630. The van der Waals surface area contributed by atoms with Gasteiger partial charge in [0.25, 0.3) is 0 Å². The van der Waals surface area contributed by atoms with Crippen molar-refractivity contribution in [2.24, 2.45) is 0 Å². The van der Waals surface area contributed by atoms with Crippen molar-refractivity contribution in [3.63, 3.8) is 0 Å². The second-order valence-corrected chi connectivity index (χ2v) is 5.56. The van der Waals surface area contributed by atoms with Crippen molar-refractivity contribution in [1.29, 1.82) is 0 Å². The van der Waals surface area contributed by atoms with Crippen LogP contribution in [0.15, 0.2) is 23.7 Å². The van der Waals surface area contributed by atoms with Gasteiger partial charge in [-0.05, 0) is 12.1 Å². The van der Waals surface area contributed by atoms with Crippen LogP contribution in [0, 0.1) is 5.82 Å². The van der Waals surface area contributed by atoms with Crippen LogP contribution < -0.4 is 5.73 Å². The monoisotopic (exact) mass is 325 g/mol. The SMILES string of the molecule is Nc1c(F)c(-c2ccc3scnc3c2)nc(C(O)O)c1Cl. The van der Waals surface area contributed by atoms with Crippen LogP contribution in [0.3, 0.4) is 0 Å². The molecule has 4 N–H and O–H groups in total. The van der Waals surface area contributed by atoms with Crippen molar-refractivity contribution in [2.45, 2.75) is 6.29 Å². The van der Waals surface area contributed by atoms with Crippen LogP contribution in [0.25, 0.3) is 21.5 Å². The number of pyridine rings is 1. The minimum Gasteiger partial charge on any atom is -0.395 e. The third kappa shape index (κ3) is 2.34. The Morgan fingerprint density at radius 2 is 2.10 bits per heavy atom. The minimum absolute atomic E-state index is 0.102. The molecule has 0 saturated heterocycles. The summed E-state index contributed by atoms with van der Waals surface area (Å²) in [5, 5.41) is 18.2. The number of nitrogens with two attached hydrogens (primary N) is 1. The van der Waals surface area contributed by atoms with Crippen molar-refractivity contribution >= 4 is 38.8 Å². The second kappa shape index (κ2) is 5.19. The van der Waals surface area contributed by atoms with Crippen molar-refractivity contribution < 1.29 is 14.6 Å². The minimum atomic E-state index is -1.94. The van der Waals surface area contributed by atoms with Gasteiger partial charge in [-0.3, -0.25) is 0 Å². The predicted octanol–water partition coefficient (Wildman–Crippen LogP) is 2.72. The number of aliphatic hydroxyl groups is 2. The van der Waals surface area contributed by atoms with Gasteiger partial charge in [-0.15, -0.1) is 11.3 Å². The molecule has 0 aliphatic heterocycles. The Labute approximate surface area is 127 Å². The van der Waals surface area contributed by atoms with Crippen LogP contribution in [0.5, 0.6) is 0 Å². The molecule has 1 aromatic carbocycles. The van der Waals surface area contributed by atoms with E-state index in [1.54, 1.807) is 23.7 Å². The molecule has 0 fully saturated rings. The molecule has 0 aliphatic carbocycles. The average molecular weight is 326 g/mol. The maximum atomic E-state index is 14.3. The van der Waals surface area contributed by atoms with Crippen molar-refractivity contribution in [2.75, 3.05) is 5.73 Å². The summed E-state index contributed by atoms with van der Waals surface area (Å²) in [6.45, 7) is 0. The summed E-state index contributed by atoms with van der Waals surface area (Å²) >= 11 is 7.23. The summed E-state index contributed by atoms with van der Waals surface area (Å²) in [5.41, 5.74) is 7.60. The molecule has 5 nitrogen and oxygen atoms in total. The lowest BCUT2D eigenvalue weighted by molar-refractivity contribution is -0.0456. The van der Waals surface area contributed by atoms with Gasteiger partial charge in [0.1, 0.15) is 11.4 Å². The number of rotatable bonds is 2. The molecule has 0 radical (unpaired) electrons. The zero-order valence-electron chi connectivity index (χ0n) is 10.4. The molecule has 108 valence electrons. The summed E-state index contributed by atoms with van der Waals surface area (Å²) < 4.78 is 15.2. The van der Waals surface area contributed by atoms with Crippen molar-refractivity contribution in [1.82, 2.24) is 9.97 Å². The number of thiazole rings is 1. The number of aliphatic hydroxyl groups excluding tert-OH is 1. The Morgan fingerprint density at radius 1 is 1.33 bits per heavy atom. The van der Waals surface area contributed by atoms with Gasteiger partial charge >= 0.3 is 0 Å². The number of halogens is 2. The summed E-state index contributed by atoms with van der Waals surface area (Å²) in [4.78, 5) is 8.03. The predicted molar refractivity (Wildman–Crippen MR) is 79.4 cm³/mol. The second-order valence-electron chi connectivity index (χ2n) is 4.30. The van der Waals surface area contributed by atoms with Crippen LogP contribution in [0.1, 0.15) is 12.0 Å². The van der Waals surface area contributed by atoms with Gasteiger partial charge in [0.05, 0.1) is 26.4 Å². The third-order valence-electron chi connectivity index (χ3n) is 2.99. The number of aromatic nitrogens is 2. The van der Waals surface area contributed by atoms with E-state index in [4.69, 9.17) is 17.3 Å². The molecule has 3 aromatic rings. The van der Waals surface area contributed by atoms with E-state index in [2.05, 4.69) is 9.97 Å². The highest BCUT2D eigenvalue weighted by atomic mass is 35.5. The van der Waals surface area contributed by atoms with E-state index in [1.807, 2.05) is 0 Å². The van der Waals surface area contributed by atoms with E-state index in [-0.39, 0.29) is 22.1 Å². The van der Waals surface area contributed by atoms with Crippen molar-refractivity contribution in [3.8, 4) is 11.3 Å². The van der Waals surface area contributed by atoms with Crippen LogP contribution in [-0.2, 0) is 0 Å². The van der Waals surface area contributed by atoms with Gasteiger partial charge in [0, 0.05) is 5.56 Å². The number of benzene rings is 1. The highest BCUT2D eigenvalue weighted by molar-refractivity contribution is 7.16. The Hall–Kier alpha value is -1.80. The molecule has 0 spiro atoms. The zero-order valence-corrected chi connectivity index (χ0v) is 12.0. The van der Waals surface area contributed by atoms with Gasteiger partial charge in [0.15, 0.2) is 12.1 Å². The standard InChI is InChI=1S/C13H9ClFN3O2S/c14-8-10(16)9(15)11(18-12(8)13(19)20)5-1-2-7-6(3-5)17-4-21-7/h1-4,13,19-20H,(H2,16,18). The van der Waals surface area contributed by atoms with Gasteiger partial charge in [-0.2, -0.15) is 0 Å². The normalized spacial score (nSPS) is 11.5. The van der Waals surface area contributed by atoms with E-state index >= 15 is 0 Å². The molecule has 0 aliphatic rings. The first-order valence-corrected chi connectivity index (χ1v) is 7.09. The van der Waals surface area contributed by atoms with E-state index < -0.39 is 12.1 Å². The highest BCUT2D eigenvalue weighted by Gasteiger charge is 2.21. The topological polar surface area (TPSA) is 92.3 Å². The Kier molecular flexibility index (Phi) is 3.50. The molecule has 0 saturated carbocycles. The highest BCUT2D eigenvalue weighted by Crippen LogP contribution is 2.35. The van der Waals surface area contributed by atoms with E-state index in [0.717, 1.165) is 4.70 Å². The Morgan fingerprint density at radius 3 is 2.81 bits per heavy atom. The van der Waals surface area contributed by atoms with Crippen LogP contribution >= 0.6 is 22.9 Å². The van der Waals surface area contributed by atoms with Gasteiger partial charge in [-0.1, -0.05) is 17.7 Å². The molecule has 21 heavy (non-hydrogen) atoms. The fourth-order valence-electron chi connectivity index (χ4n) is 1.95. The van der Waals surface area contributed by atoms with E-state index in [1.165, 1.54) is 11.3 Å². The van der Waals surface area contributed by atoms with Gasteiger partial charge in [-0.25, -0.2) is 14.4 Å². The molecular formula is C13H9ClFN3O2S. The lowest BCUT2D eigenvalue weighted by Crippen LogP contribution is -2.07. The van der Waals surface area contributed by atoms with Crippen molar-refractivity contribution in [3.05, 3.63) is 40.2 Å². The van der Waals surface area contributed by atoms with Crippen LogP contribution in [0.2, 0.25) is 5.02 Å². The fraction of sp³-hybridized carbons (Fsp3) is 0.0769. The summed E-state index contributed by atoms with van der Waals surface area (Å²) in [6.07, 6.45) is -1.94. The lowest BCUT2D eigenvalue weighted by Gasteiger charge is -2.12. The number of hydrogen-bond acceptors (Lipinski definition) is 6. The smallest absolute Gasteiger partial charge is 0.197 e. The maximum absolute atomic E-state index is 14.3. The molecule has 0 atom stereocenters. The molecule has 0 amide bonds. The first kappa shape index (κ1) is 14.2. The van der Waals surface area contributed by atoms with Crippen LogP contribution in [-0.4, -0.2) is 20.2 Å². The fourth-order valence-corrected chi connectivity index (χ4v) is 2.83. The first-order valence-electron chi connectivity index (χ1n) is 5.83. The first-order chi connectivity index (χ1) is 9.99. The van der Waals surface area contributed by atoms with E-state index in [0.29, 0.717) is 11.1 Å². The summed E-state index contributed by atoms with van der Waals surface area (Å²) in [6, 6.07) is 5.09. The summed E-state index contributed by atoms with van der Waals surface area (Å²) in [7, 11) is 0. The molecule has 8 heteroatoms. The Bertz CT molecular complexity index is 838. The summed E-state index contributed by atoms with van der Waals surface area (Å²) in [5.74, 6) is -0.807. The number of nitrogen functional groups attached to an aromatic ring is 1. The van der Waals surface area contributed by atoms with Gasteiger partial charge in [0.2, 0.25) is 0 Å². The number of anilines is 1. The molecule has 0 unspecified atom stereocenters. The molecular weight excluding hydrogens is 317 g/mol. The average Bonchev–Trinajstić information content (AvgIpc) is 2.92. The molecule has 3 rings (SSSR count). The zero-order chi connectivity index (χ0) is 15.1. The number of fused-ring (bicyclic) bond motifs is 1. The molecule has 2 aromatic heterocycles. The largest absolute Gasteiger partial charge is 0.395 e.